The first kappa shape index (κ1) is 13.0. The number of rotatable bonds is 3. The van der Waals surface area contributed by atoms with Crippen LogP contribution in [0.3, 0.4) is 0 Å². The van der Waals surface area contributed by atoms with E-state index in [9.17, 15) is 14.0 Å². The highest BCUT2D eigenvalue weighted by Crippen LogP contribution is 2.23. The summed E-state index contributed by atoms with van der Waals surface area (Å²) in [5, 5.41) is 8.76. The van der Waals surface area contributed by atoms with Crippen LogP contribution in [0.25, 0.3) is 11.1 Å². The fourth-order valence-electron chi connectivity index (χ4n) is 1.79. The second-order valence-electron chi connectivity index (χ2n) is 4.14. The number of ketones is 1. The number of carboxylic acid groups (broad SMARTS) is 1. The van der Waals surface area contributed by atoms with Gasteiger partial charge in [-0.1, -0.05) is 24.3 Å². The maximum atomic E-state index is 13.6. The van der Waals surface area contributed by atoms with Gasteiger partial charge in [-0.05, 0) is 36.2 Å². The number of carboxylic acids is 1. The molecule has 0 spiro atoms. The average Bonchev–Trinajstić information content (AvgIpc) is 2.38. The van der Waals surface area contributed by atoms with E-state index in [1.165, 1.54) is 19.1 Å². The van der Waals surface area contributed by atoms with Crippen molar-refractivity contribution in [3.8, 4) is 11.1 Å². The van der Waals surface area contributed by atoms with Crippen molar-refractivity contribution in [1.82, 2.24) is 0 Å². The molecule has 3 nitrogen and oxygen atoms in total. The van der Waals surface area contributed by atoms with E-state index in [0.717, 1.165) is 6.07 Å². The minimum Gasteiger partial charge on any atom is -0.478 e. The molecule has 0 unspecified atom stereocenters. The molecule has 0 saturated heterocycles. The third-order valence-electron chi connectivity index (χ3n) is 2.80. The van der Waals surface area contributed by atoms with Gasteiger partial charge < -0.3 is 5.11 Å². The standard InChI is InChI=1S/C15H11FO3/c1-9(17)10-3-2-4-11(7-10)12-5-6-13(15(18)19)14(16)8-12/h2-8H,1H3,(H,18,19). The Hall–Kier alpha value is -2.49. The maximum absolute atomic E-state index is 13.6. The Kier molecular flexibility index (Phi) is 3.42. The summed E-state index contributed by atoms with van der Waals surface area (Å²) in [5.41, 5.74) is 1.36. The third kappa shape index (κ3) is 2.68. The molecule has 0 atom stereocenters. The molecule has 0 aliphatic heterocycles. The van der Waals surface area contributed by atoms with E-state index in [1.807, 2.05) is 0 Å². The summed E-state index contributed by atoms with van der Waals surface area (Å²) in [6.07, 6.45) is 0. The minimum absolute atomic E-state index is 0.0792. The first-order valence-electron chi connectivity index (χ1n) is 5.63. The summed E-state index contributed by atoms with van der Waals surface area (Å²) in [6.45, 7) is 1.45. The molecule has 0 radical (unpaired) electrons. The number of hydrogen-bond acceptors (Lipinski definition) is 2. The molecule has 0 fully saturated rings. The van der Waals surface area contributed by atoms with Crippen LogP contribution in [0.5, 0.6) is 0 Å². The van der Waals surface area contributed by atoms with Crippen LogP contribution < -0.4 is 0 Å². The molecule has 0 saturated carbocycles. The number of benzene rings is 2. The van der Waals surface area contributed by atoms with Gasteiger partial charge in [-0.2, -0.15) is 0 Å². The van der Waals surface area contributed by atoms with Crippen LogP contribution in [0.2, 0.25) is 0 Å². The first-order valence-corrected chi connectivity index (χ1v) is 5.63. The Morgan fingerprint density at radius 2 is 1.74 bits per heavy atom. The van der Waals surface area contributed by atoms with Crippen molar-refractivity contribution < 1.29 is 19.1 Å². The van der Waals surface area contributed by atoms with Crippen molar-refractivity contribution in [3.63, 3.8) is 0 Å². The van der Waals surface area contributed by atoms with Gasteiger partial charge in [-0.3, -0.25) is 4.79 Å². The minimum atomic E-state index is -1.30. The zero-order valence-electron chi connectivity index (χ0n) is 10.2. The summed E-state index contributed by atoms with van der Waals surface area (Å²) < 4.78 is 13.6. The molecule has 0 aromatic heterocycles. The molecule has 1 N–H and O–H groups in total. The summed E-state index contributed by atoms with van der Waals surface area (Å²) in [5.74, 6) is -2.18. The first-order chi connectivity index (χ1) is 8.99. The van der Waals surface area contributed by atoms with E-state index in [1.54, 1.807) is 24.3 Å². The zero-order chi connectivity index (χ0) is 14.0. The molecule has 96 valence electrons. The van der Waals surface area contributed by atoms with Crippen molar-refractivity contribution in [2.24, 2.45) is 0 Å². The molecule has 2 rings (SSSR count). The number of halogens is 1. The summed E-state index contributed by atoms with van der Waals surface area (Å²) in [7, 11) is 0. The number of aromatic carboxylic acids is 1. The van der Waals surface area contributed by atoms with Gasteiger partial charge in [0.1, 0.15) is 5.82 Å². The van der Waals surface area contributed by atoms with Crippen molar-refractivity contribution >= 4 is 11.8 Å². The van der Waals surface area contributed by atoms with Crippen molar-refractivity contribution in [2.45, 2.75) is 6.92 Å². The molecule has 0 amide bonds. The maximum Gasteiger partial charge on any atom is 0.338 e. The van der Waals surface area contributed by atoms with Crippen LogP contribution in [0.15, 0.2) is 42.5 Å². The highest BCUT2D eigenvalue weighted by molar-refractivity contribution is 5.95. The molecule has 0 heterocycles. The molecule has 2 aromatic rings. The fraction of sp³-hybridized carbons (Fsp3) is 0.0667. The normalized spacial score (nSPS) is 10.2. The monoisotopic (exact) mass is 258 g/mol. The van der Waals surface area contributed by atoms with Crippen molar-refractivity contribution in [3.05, 3.63) is 59.4 Å². The van der Waals surface area contributed by atoms with Crippen LogP contribution >= 0.6 is 0 Å². The number of hydrogen-bond donors (Lipinski definition) is 1. The SMILES string of the molecule is CC(=O)c1cccc(-c2ccc(C(=O)O)c(F)c2)c1. The number of carbonyl (C=O) groups is 2. The molecule has 19 heavy (non-hydrogen) atoms. The van der Waals surface area contributed by atoms with E-state index in [-0.39, 0.29) is 11.3 Å². The van der Waals surface area contributed by atoms with Gasteiger partial charge in [0.25, 0.3) is 0 Å². The van der Waals surface area contributed by atoms with Gasteiger partial charge in [0.2, 0.25) is 0 Å². The van der Waals surface area contributed by atoms with Gasteiger partial charge >= 0.3 is 5.97 Å². The summed E-state index contributed by atoms with van der Waals surface area (Å²) in [4.78, 5) is 22.0. The second-order valence-corrected chi connectivity index (χ2v) is 4.14. The Labute approximate surface area is 109 Å². The van der Waals surface area contributed by atoms with Gasteiger partial charge in [-0.15, -0.1) is 0 Å². The Morgan fingerprint density at radius 1 is 1.05 bits per heavy atom. The van der Waals surface area contributed by atoms with Crippen LogP contribution in [0, 0.1) is 5.82 Å². The molecule has 4 heteroatoms. The van der Waals surface area contributed by atoms with Crippen LogP contribution in [-0.4, -0.2) is 16.9 Å². The van der Waals surface area contributed by atoms with Gasteiger partial charge in [0.15, 0.2) is 5.78 Å². The fourth-order valence-corrected chi connectivity index (χ4v) is 1.79. The molecular weight excluding hydrogens is 247 g/mol. The lowest BCUT2D eigenvalue weighted by Gasteiger charge is -2.05. The van der Waals surface area contributed by atoms with Gasteiger partial charge in [0, 0.05) is 5.56 Å². The topological polar surface area (TPSA) is 54.4 Å². The van der Waals surface area contributed by atoms with E-state index in [2.05, 4.69) is 0 Å². The quantitative estimate of drug-likeness (QED) is 0.858. The Balaban J connectivity index is 2.48. The van der Waals surface area contributed by atoms with Gasteiger partial charge in [0.05, 0.1) is 5.56 Å². The van der Waals surface area contributed by atoms with Gasteiger partial charge in [-0.25, -0.2) is 9.18 Å². The predicted molar refractivity (Wildman–Crippen MR) is 68.8 cm³/mol. The van der Waals surface area contributed by atoms with Crippen LogP contribution in [0.4, 0.5) is 4.39 Å². The second kappa shape index (κ2) is 5.02. The van der Waals surface area contributed by atoms with E-state index >= 15 is 0 Å². The highest BCUT2D eigenvalue weighted by Gasteiger charge is 2.11. The number of Topliss-reactive ketones (excluding diaryl/α,β-unsaturated/α-hetero) is 1. The third-order valence-corrected chi connectivity index (χ3v) is 2.80. The zero-order valence-corrected chi connectivity index (χ0v) is 10.2. The van der Waals surface area contributed by atoms with Crippen LogP contribution in [0.1, 0.15) is 27.6 Å². The number of carbonyl (C=O) groups excluding carboxylic acids is 1. The average molecular weight is 258 g/mol. The summed E-state index contributed by atoms with van der Waals surface area (Å²) in [6, 6.07) is 10.7. The van der Waals surface area contributed by atoms with Crippen LogP contribution in [-0.2, 0) is 0 Å². The Morgan fingerprint density at radius 3 is 2.32 bits per heavy atom. The Bertz CT molecular complexity index is 662. The summed E-state index contributed by atoms with van der Waals surface area (Å²) >= 11 is 0. The lowest BCUT2D eigenvalue weighted by molar-refractivity contribution is 0.0691. The van der Waals surface area contributed by atoms with E-state index in [0.29, 0.717) is 16.7 Å². The lowest BCUT2D eigenvalue weighted by Crippen LogP contribution is -2.00. The van der Waals surface area contributed by atoms with E-state index in [4.69, 9.17) is 5.11 Å². The van der Waals surface area contributed by atoms with E-state index < -0.39 is 11.8 Å². The van der Waals surface area contributed by atoms with Crippen molar-refractivity contribution in [2.75, 3.05) is 0 Å². The smallest absolute Gasteiger partial charge is 0.338 e. The predicted octanol–water partition coefficient (Wildman–Crippen LogP) is 3.39. The molecule has 0 bridgehead atoms. The molecule has 0 aliphatic rings. The largest absolute Gasteiger partial charge is 0.478 e. The molecule has 2 aromatic carbocycles. The highest BCUT2D eigenvalue weighted by atomic mass is 19.1. The molecular formula is C15H11FO3. The van der Waals surface area contributed by atoms with Crippen molar-refractivity contribution in [1.29, 1.82) is 0 Å². The molecule has 0 aliphatic carbocycles. The lowest BCUT2D eigenvalue weighted by atomic mass is 10.0.